The smallest absolute Gasteiger partial charge is 0.434 e. The maximum Gasteiger partial charge on any atom is 0.434 e. The van der Waals surface area contributed by atoms with E-state index >= 15 is 0 Å². The van der Waals surface area contributed by atoms with E-state index in [-0.39, 0.29) is 40.6 Å². The highest BCUT2D eigenvalue weighted by atomic mass is 19.4. The lowest BCUT2D eigenvalue weighted by Gasteiger charge is -2.15. The van der Waals surface area contributed by atoms with Crippen molar-refractivity contribution in [3.05, 3.63) is 83.4 Å². The quantitative estimate of drug-likeness (QED) is 0.240. The molecule has 5 aromatic rings. The first-order valence-corrected chi connectivity index (χ1v) is 12.2. The van der Waals surface area contributed by atoms with Crippen LogP contribution in [0, 0.1) is 0 Å². The maximum absolute atomic E-state index is 14.4. The van der Waals surface area contributed by atoms with E-state index in [4.69, 9.17) is 4.74 Å². The Kier molecular flexibility index (Phi) is 5.98. The topological polar surface area (TPSA) is 74.1 Å². The normalized spacial score (nSPS) is 13.1. The molecular weight excluding hydrogens is 550 g/mol. The molecule has 0 saturated carbocycles. The molecule has 6 nitrogen and oxygen atoms in total. The molecule has 0 bridgehead atoms. The second kappa shape index (κ2) is 9.22. The fourth-order valence-electron chi connectivity index (χ4n) is 5.35. The predicted octanol–water partition coefficient (Wildman–Crippen LogP) is 3.74. The third-order valence-electron chi connectivity index (χ3n) is 7.09. The van der Waals surface area contributed by atoms with Crippen LogP contribution < -0.4 is 15.7 Å². The van der Waals surface area contributed by atoms with Crippen LogP contribution >= 0.6 is 0 Å². The van der Waals surface area contributed by atoms with Crippen molar-refractivity contribution in [1.82, 2.24) is 14.8 Å². The van der Waals surface area contributed by atoms with Crippen molar-refractivity contribution in [2.75, 3.05) is 7.11 Å². The molecule has 41 heavy (non-hydrogen) atoms. The van der Waals surface area contributed by atoms with Crippen molar-refractivity contribution in [2.45, 2.75) is 12.4 Å². The molecule has 0 amide bonds. The molecular formula is C27H15B2F6N3O3. The van der Waals surface area contributed by atoms with E-state index in [0.29, 0.717) is 26.5 Å². The fraction of sp³-hybridized carbons (Fsp3) is 0.111. The number of hydrogen-bond acceptors (Lipinski definition) is 5. The highest BCUT2D eigenvalue weighted by molar-refractivity contribution is 6.92. The number of hydrogen-bond donors (Lipinski definition) is 0. The van der Waals surface area contributed by atoms with E-state index in [2.05, 4.69) is 10.1 Å². The summed E-state index contributed by atoms with van der Waals surface area (Å²) in [6, 6.07) is 11.4. The van der Waals surface area contributed by atoms with Crippen molar-refractivity contribution >= 4 is 58.4 Å². The number of nitrogens with zero attached hydrogens (tertiary/aromatic N) is 3. The first-order chi connectivity index (χ1) is 19.4. The van der Waals surface area contributed by atoms with E-state index in [9.17, 15) is 35.9 Å². The summed E-state index contributed by atoms with van der Waals surface area (Å²) < 4.78 is 89.8. The molecule has 0 radical (unpaired) electrons. The van der Waals surface area contributed by atoms with Gasteiger partial charge in [-0.2, -0.15) is 31.4 Å². The number of methoxy groups -OCH3 is 1. The third kappa shape index (κ3) is 4.34. The lowest BCUT2D eigenvalue weighted by molar-refractivity contribution is -0.143. The van der Waals surface area contributed by atoms with E-state index in [1.807, 2.05) is 0 Å². The first-order valence-electron chi connectivity index (χ1n) is 12.2. The van der Waals surface area contributed by atoms with Gasteiger partial charge in [-0.3, -0.25) is 0 Å². The van der Waals surface area contributed by atoms with E-state index in [1.165, 1.54) is 25.3 Å². The second-order valence-corrected chi connectivity index (χ2v) is 9.54. The molecule has 3 heterocycles. The zero-order chi connectivity index (χ0) is 29.3. The Balaban J connectivity index is 1.44. The summed E-state index contributed by atoms with van der Waals surface area (Å²) in [7, 11) is 0.767. The Morgan fingerprint density at radius 2 is 1.73 bits per heavy atom. The van der Waals surface area contributed by atoms with Gasteiger partial charge in [0, 0.05) is 21.7 Å². The van der Waals surface area contributed by atoms with Crippen molar-refractivity contribution in [2.24, 2.45) is 0 Å². The molecule has 14 heteroatoms. The van der Waals surface area contributed by atoms with Crippen molar-refractivity contribution in [3.63, 3.8) is 0 Å². The van der Waals surface area contributed by atoms with Gasteiger partial charge in [0.1, 0.15) is 17.1 Å². The maximum atomic E-state index is 14.4. The summed E-state index contributed by atoms with van der Waals surface area (Å²) in [5.74, 6) is 0.0681. The number of rotatable bonds is 5. The molecule has 6 rings (SSSR count). The molecule has 0 spiro atoms. The lowest BCUT2D eigenvalue weighted by atomic mass is 9.64. The lowest BCUT2D eigenvalue weighted by Crippen LogP contribution is -2.27. The van der Waals surface area contributed by atoms with E-state index in [0.717, 1.165) is 18.5 Å². The number of carbonyl (C=O) groups excluding carboxylic acids is 2. The van der Waals surface area contributed by atoms with Crippen LogP contribution in [0.25, 0.3) is 27.2 Å². The summed E-state index contributed by atoms with van der Waals surface area (Å²) in [4.78, 5) is 29.0. The SMILES string of the molecule is COc1cnc(C(F)(F)F)c2cc(BC(=O)c3cnn(-c4ccc5c6c(cccc46)C(=O)B5)c3C(F)(F)F)ccc12. The minimum Gasteiger partial charge on any atom is -0.494 e. The number of benzene rings is 3. The van der Waals surface area contributed by atoms with Crippen LogP contribution in [0.4, 0.5) is 26.3 Å². The van der Waals surface area contributed by atoms with Crippen molar-refractivity contribution < 1.29 is 40.7 Å². The number of halogens is 6. The molecule has 204 valence electrons. The van der Waals surface area contributed by atoms with Gasteiger partial charge in [-0.05, 0) is 11.5 Å². The van der Waals surface area contributed by atoms with Gasteiger partial charge in [0.15, 0.2) is 11.4 Å². The van der Waals surface area contributed by atoms with Crippen LogP contribution in [0.15, 0.2) is 60.9 Å². The molecule has 3 aromatic carbocycles. The van der Waals surface area contributed by atoms with Gasteiger partial charge in [0.25, 0.3) is 0 Å². The summed E-state index contributed by atoms with van der Waals surface area (Å²) >= 11 is 0. The van der Waals surface area contributed by atoms with Gasteiger partial charge >= 0.3 is 12.4 Å². The van der Waals surface area contributed by atoms with Crippen molar-refractivity contribution in [1.29, 1.82) is 0 Å². The van der Waals surface area contributed by atoms with Crippen LogP contribution in [0.5, 0.6) is 5.75 Å². The molecule has 0 fully saturated rings. The van der Waals surface area contributed by atoms with Gasteiger partial charge in [0.2, 0.25) is 14.6 Å². The molecule has 0 saturated heterocycles. The fourth-order valence-corrected chi connectivity index (χ4v) is 5.35. The summed E-state index contributed by atoms with van der Waals surface area (Å²) in [6.45, 7) is 0. The molecule has 0 atom stereocenters. The van der Waals surface area contributed by atoms with Crippen molar-refractivity contribution in [3.8, 4) is 11.4 Å². The summed E-state index contributed by atoms with van der Waals surface area (Å²) in [6.07, 6.45) is -8.10. The third-order valence-corrected chi connectivity index (χ3v) is 7.09. The Morgan fingerprint density at radius 1 is 0.951 bits per heavy atom. The minimum absolute atomic E-state index is 0.0327. The standard InChI is InChI=1S/C27H15B2F6N3O3/c1-41-20-11-36-22(26(30,31)32)16-9-12(5-6-13(16)20)28-25(40)17-10-37-38(23(17)27(33,34)35)19-8-7-18-21-14(19)3-2-4-15(21)24(39)29-18/h2-11,28-29H,1H3. The molecule has 1 aliphatic heterocycles. The number of pyridine rings is 1. The van der Waals surface area contributed by atoms with Gasteiger partial charge in [-0.1, -0.05) is 53.4 Å². The number of fused-ring (bicyclic) bond motifs is 1. The molecule has 0 unspecified atom stereocenters. The highest BCUT2D eigenvalue weighted by Gasteiger charge is 2.41. The Hall–Kier alpha value is -4.61. The largest absolute Gasteiger partial charge is 0.494 e. The minimum atomic E-state index is -5.01. The Bertz CT molecular complexity index is 1920. The molecule has 0 N–H and O–H groups in total. The number of ether oxygens (including phenoxy) is 1. The van der Waals surface area contributed by atoms with Crippen LogP contribution in [0.1, 0.15) is 32.1 Å². The second-order valence-electron chi connectivity index (χ2n) is 9.54. The van der Waals surface area contributed by atoms with Gasteiger partial charge in [0.05, 0.1) is 30.8 Å². The van der Waals surface area contributed by atoms with Crippen LogP contribution in [-0.2, 0) is 12.4 Å². The van der Waals surface area contributed by atoms with E-state index < -0.39 is 42.3 Å². The summed E-state index contributed by atoms with van der Waals surface area (Å²) in [5, 5.41) is 4.54. The Morgan fingerprint density at radius 3 is 2.44 bits per heavy atom. The van der Waals surface area contributed by atoms with Crippen LogP contribution in [0.2, 0.25) is 0 Å². The molecule has 1 aliphatic rings. The van der Waals surface area contributed by atoms with E-state index in [1.54, 1.807) is 24.3 Å². The average Bonchev–Trinajstić information content (AvgIpc) is 3.50. The van der Waals surface area contributed by atoms with Gasteiger partial charge in [-0.15, -0.1) is 0 Å². The number of carbonyl (C=O) groups is 2. The Labute approximate surface area is 228 Å². The molecule has 2 aromatic heterocycles. The monoisotopic (exact) mass is 565 g/mol. The predicted molar refractivity (Wildman–Crippen MR) is 142 cm³/mol. The van der Waals surface area contributed by atoms with Gasteiger partial charge in [-0.25, -0.2) is 9.67 Å². The highest BCUT2D eigenvalue weighted by Crippen LogP contribution is 2.37. The first kappa shape index (κ1) is 26.6. The van der Waals surface area contributed by atoms with Crippen LogP contribution in [0.3, 0.4) is 0 Å². The van der Waals surface area contributed by atoms with Crippen LogP contribution in [-0.4, -0.2) is 47.8 Å². The van der Waals surface area contributed by atoms with Gasteiger partial charge < -0.3 is 14.3 Å². The molecule has 0 aliphatic carbocycles. The number of alkyl halides is 6. The zero-order valence-corrected chi connectivity index (χ0v) is 21.0. The average molecular weight is 565 g/mol. The summed E-state index contributed by atoms with van der Waals surface area (Å²) in [5.41, 5.74) is -3.25. The zero-order valence-electron chi connectivity index (χ0n) is 21.0. The number of aromatic nitrogens is 3.